The molecule has 0 atom stereocenters. The number of hydrogen-bond donors (Lipinski definition) is 0. The molecule has 7 heteroatoms. The highest BCUT2D eigenvalue weighted by Crippen LogP contribution is 2.36. The number of fused-ring (bicyclic) bond motifs is 2. The van der Waals surface area contributed by atoms with Gasteiger partial charge in [0.2, 0.25) is 0 Å². The van der Waals surface area contributed by atoms with E-state index >= 15 is 0 Å². The maximum atomic E-state index is 13.1. The fourth-order valence-corrected chi connectivity index (χ4v) is 4.45. The van der Waals surface area contributed by atoms with Crippen molar-refractivity contribution >= 4 is 21.5 Å². The Hall–Kier alpha value is -2.54. The molecule has 4 rings (SSSR count). The predicted molar refractivity (Wildman–Crippen MR) is 87.4 cm³/mol. The van der Waals surface area contributed by atoms with Crippen LogP contribution in [0.25, 0.3) is 0 Å². The second-order valence-corrected chi connectivity index (χ2v) is 7.44. The third kappa shape index (κ3) is 2.32. The normalized spacial score (nSPS) is 16.7. The standard InChI is InChI=1S/C17H15NO5S/c19-15-7-8-18(14-4-2-1-3-13(14)15)24(20,21)12-5-6-16-17(11-12)23-10-9-22-16/h1-6,11H,7-10H2. The van der Waals surface area contributed by atoms with E-state index in [0.717, 1.165) is 0 Å². The maximum Gasteiger partial charge on any atom is 0.264 e. The van der Waals surface area contributed by atoms with Gasteiger partial charge in [-0.3, -0.25) is 9.10 Å². The van der Waals surface area contributed by atoms with Gasteiger partial charge in [0.1, 0.15) is 13.2 Å². The van der Waals surface area contributed by atoms with Gasteiger partial charge in [-0.1, -0.05) is 12.1 Å². The first-order valence-corrected chi connectivity index (χ1v) is 9.06. The molecular weight excluding hydrogens is 330 g/mol. The fraction of sp³-hybridized carbons (Fsp3) is 0.235. The summed E-state index contributed by atoms with van der Waals surface area (Å²) in [5.74, 6) is 0.914. The van der Waals surface area contributed by atoms with E-state index in [2.05, 4.69) is 0 Å². The van der Waals surface area contributed by atoms with Crippen LogP contribution in [0, 0.1) is 0 Å². The summed E-state index contributed by atoms with van der Waals surface area (Å²) in [7, 11) is -3.79. The Labute approximate surface area is 139 Å². The van der Waals surface area contributed by atoms with Crippen LogP contribution >= 0.6 is 0 Å². The van der Waals surface area contributed by atoms with Gasteiger partial charge in [-0.25, -0.2) is 8.42 Å². The number of nitrogens with zero attached hydrogens (tertiary/aromatic N) is 1. The maximum absolute atomic E-state index is 13.1. The minimum Gasteiger partial charge on any atom is -0.486 e. The van der Waals surface area contributed by atoms with Gasteiger partial charge in [0.25, 0.3) is 10.0 Å². The summed E-state index contributed by atoms with van der Waals surface area (Å²) in [5.41, 5.74) is 0.855. The Balaban J connectivity index is 1.79. The third-order valence-corrected chi connectivity index (χ3v) is 5.93. The van der Waals surface area contributed by atoms with Crippen LogP contribution in [-0.4, -0.2) is 34.0 Å². The van der Waals surface area contributed by atoms with Crippen LogP contribution in [0.1, 0.15) is 16.8 Å². The number of Topliss-reactive ketones (excluding diaryl/α,β-unsaturated/α-hetero) is 1. The highest BCUT2D eigenvalue weighted by atomic mass is 32.2. The van der Waals surface area contributed by atoms with Crippen molar-refractivity contribution in [3.63, 3.8) is 0 Å². The molecule has 0 radical (unpaired) electrons. The van der Waals surface area contributed by atoms with Crippen molar-refractivity contribution in [2.24, 2.45) is 0 Å². The van der Waals surface area contributed by atoms with Crippen molar-refractivity contribution in [1.29, 1.82) is 0 Å². The molecule has 24 heavy (non-hydrogen) atoms. The van der Waals surface area contributed by atoms with Crippen LogP contribution in [0.3, 0.4) is 0 Å². The summed E-state index contributed by atoms with van der Waals surface area (Å²) < 4.78 is 38.3. The lowest BCUT2D eigenvalue weighted by molar-refractivity contribution is 0.0982. The summed E-state index contributed by atoms with van der Waals surface area (Å²) in [5, 5.41) is 0. The smallest absolute Gasteiger partial charge is 0.264 e. The number of para-hydroxylation sites is 1. The Morgan fingerprint density at radius 2 is 1.71 bits per heavy atom. The first-order valence-electron chi connectivity index (χ1n) is 7.62. The van der Waals surface area contributed by atoms with E-state index in [1.807, 2.05) is 0 Å². The minimum atomic E-state index is -3.79. The molecule has 2 heterocycles. The molecular formula is C17H15NO5S. The predicted octanol–water partition coefficient (Wildman–Crippen LogP) is 2.24. The van der Waals surface area contributed by atoms with Gasteiger partial charge >= 0.3 is 0 Å². The second-order valence-electron chi connectivity index (χ2n) is 5.57. The van der Waals surface area contributed by atoms with E-state index in [4.69, 9.17) is 9.47 Å². The fourth-order valence-electron chi connectivity index (χ4n) is 2.95. The average molecular weight is 345 g/mol. The molecule has 0 bridgehead atoms. The zero-order valence-electron chi connectivity index (χ0n) is 12.8. The van der Waals surface area contributed by atoms with E-state index in [9.17, 15) is 13.2 Å². The first-order chi connectivity index (χ1) is 11.6. The quantitative estimate of drug-likeness (QED) is 0.835. The van der Waals surface area contributed by atoms with Gasteiger partial charge in [0.05, 0.1) is 10.6 Å². The average Bonchev–Trinajstić information content (AvgIpc) is 2.61. The number of ketones is 1. The van der Waals surface area contributed by atoms with E-state index in [1.165, 1.54) is 16.4 Å². The van der Waals surface area contributed by atoms with Gasteiger partial charge < -0.3 is 9.47 Å². The minimum absolute atomic E-state index is 0.0424. The van der Waals surface area contributed by atoms with Gasteiger partial charge in [-0.05, 0) is 24.3 Å². The number of rotatable bonds is 2. The molecule has 0 amide bonds. The molecule has 6 nitrogen and oxygen atoms in total. The number of anilines is 1. The van der Waals surface area contributed by atoms with Gasteiger partial charge in [0.15, 0.2) is 17.3 Å². The van der Waals surface area contributed by atoms with Crippen molar-refractivity contribution in [3.8, 4) is 11.5 Å². The van der Waals surface area contributed by atoms with E-state index in [1.54, 1.807) is 30.3 Å². The molecule has 0 aliphatic carbocycles. The second kappa shape index (κ2) is 5.52. The van der Waals surface area contributed by atoms with Gasteiger partial charge in [-0.15, -0.1) is 0 Å². The van der Waals surface area contributed by atoms with Crippen LogP contribution < -0.4 is 13.8 Å². The van der Waals surface area contributed by atoms with Crippen LogP contribution in [0.4, 0.5) is 5.69 Å². The lowest BCUT2D eigenvalue weighted by atomic mass is 10.0. The highest BCUT2D eigenvalue weighted by Gasteiger charge is 2.32. The molecule has 124 valence electrons. The van der Waals surface area contributed by atoms with Gasteiger partial charge in [0, 0.05) is 24.6 Å². The Kier molecular flexibility index (Phi) is 3.45. The number of benzene rings is 2. The molecule has 2 aromatic rings. The molecule has 0 N–H and O–H groups in total. The zero-order valence-corrected chi connectivity index (χ0v) is 13.6. The van der Waals surface area contributed by atoms with Crippen LogP contribution in [0.5, 0.6) is 11.5 Å². The highest BCUT2D eigenvalue weighted by molar-refractivity contribution is 7.92. The Morgan fingerprint density at radius 1 is 0.958 bits per heavy atom. The lowest BCUT2D eigenvalue weighted by Crippen LogP contribution is -2.37. The lowest BCUT2D eigenvalue weighted by Gasteiger charge is -2.30. The number of hydrogen-bond acceptors (Lipinski definition) is 5. The third-order valence-electron chi connectivity index (χ3n) is 4.12. The SMILES string of the molecule is O=C1CCN(S(=O)(=O)c2ccc3c(c2)OCCO3)c2ccccc21. The van der Waals surface area contributed by atoms with Crippen LogP contribution in [-0.2, 0) is 10.0 Å². The number of sulfonamides is 1. The molecule has 0 saturated carbocycles. The summed E-state index contributed by atoms with van der Waals surface area (Å²) in [6.45, 7) is 0.963. The molecule has 2 aromatic carbocycles. The van der Waals surface area contributed by atoms with Crippen molar-refractivity contribution in [1.82, 2.24) is 0 Å². The topological polar surface area (TPSA) is 72.9 Å². The summed E-state index contributed by atoms with van der Waals surface area (Å²) >= 11 is 0. The largest absolute Gasteiger partial charge is 0.486 e. The van der Waals surface area contributed by atoms with E-state index < -0.39 is 10.0 Å². The molecule has 0 fully saturated rings. The molecule has 2 aliphatic rings. The molecule has 0 saturated heterocycles. The Bertz CT molecular complexity index is 922. The monoisotopic (exact) mass is 345 g/mol. The number of carbonyl (C=O) groups excluding carboxylic acids is 1. The van der Waals surface area contributed by atoms with E-state index in [0.29, 0.717) is 36.0 Å². The summed E-state index contributed by atoms with van der Waals surface area (Å²) in [4.78, 5) is 12.1. The summed E-state index contributed by atoms with van der Waals surface area (Å²) in [6.07, 6.45) is 0.167. The zero-order chi connectivity index (χ0) is 16.7. The van der Waals surface area contributed by atoms with Crippen LogP contribution in [0.2, 0.25) is 0 Å². The molecule has 2 aliphatic heterocycles. The van der Waals surface area contributed by atoms with Gasteiger partial charge in [-0.2, -0.15) is 0 Å². The van der Waals surface area contributed by atoms with E-state index in [-0.39, 0.29) is 23.6 Å². The molecule has 0 spiro atoms. The van der Waals surface area contributed by atoms with Crippen molar-refractivity contribution in [2.75, 3.05) is 24.1 Å². The van der Waals surface area contributed by atoms with Crippen molar-refractivity contribution in [3.05, 3.63) is 48.0 Å². The molecule has 0 aromatic heterocycles. The number of carbonyl (C=O) groups is 1. The molecule has 0 unspecified atom stereocenters. The summed E-state index contributed by atoms with van der Waals surface area (Å²) in [6, 6.07) is 11.3. The van der Waals surface area contributed by atoms with Crippen molar-refractivity contribution < 1.29 is 22.7 Å². The van der Waals surface area contributed by atoms with Crippen molar-refractivity contribution in [2.45, 2.75) is 11.3 Å². The Morgan fingerprint density at radius 3 is 2.54 bits per heavy atom. The van der Waals surface area contributed by atoms with Crippen LogP contribution in [0.15, 0.2) is 47.4 Å². The number of ether oxygens (including phenoxy) is 2. The first kappa shape index (κ1) is 15.0.